The Labute approximate surface area is 245 Å². The largest absolute Gasteiger partial charge is 0.483 e. The molecule has 3 heterocycles. The number of aromatic amines is 1. The minimum atomic E-state index is -0.769. The molecule has 0 unspecified atom stereocenters. The van der Waals surface area contributed by atoms with Gasteiger partial charge in [0.05, 0.1) is 16.6 Å². The molecule has 202 valence electrons. The number of fused-ring (bicyclic) bond motifs is 2. The highest BCUT2D eigenvalue weighted by Crippen LogP contribution is 2.54. The molecule has 2 aliphatic rings. The monoisotopic (exact) mass is 635 g/mol. The van der Waals surface area contributed by atoms with Gasteiger partial charge in [0.25, 0.3) is 5.91 Å². The van der Waals surface area contributed by atoms with Gasteiger partial charge in [-0.15, -0.1) is 0 Å². The van der Waals surface area contributed by atoms with Crippen LogP contribution in [0.1, 0.15) is 21.9 Å². The number of carbonyl (C=O) groups is 3. The number of hydrogen-bond donors (Lipinski definition) is 2. The Bertz CT molecular complexity index is 1700. The van der Waals surface area contributed by atoms with Gasteiger partial charge in [-0.05, 0) is 48.9 Å². The molecule has 0 spiro atoms. The molecular formula is C29H22BrN3O5S2. The number of aryl methyl sites for hydroxylation is 1. The number of carbonyl (C=O) groups excluding carboxylic acids is 3. The fourth-order valence-corrected chi connectivity index (χ4v) is 8.01. The van der Waals surface area contributed by atoms with Crippen LogP contribution in [0.3, 0.4) is 0 Å². The molecule has 11 heteroatoms. The lowest BCUT2D eigenvalue weighted by molar-refractivity contribution is -0.122. The van der Waals surface area contributed by atoms with Crippen LogP contribution < -0.4 is 19.8 Å². The summed E-state index contributed by atoms with van der Waals surface area (Å²) in [6.45, 7) is 1.64. The summed E-state index contributed by atoms with van der Waals surface area (Å²) < 4.78 is 6.76. The van der Waals surface area contributed by atoms with Gasteiger partial charge >= 0.3 is 4.87 Å². The van der Waals surface area contributed by atoms with Gasteiger partial charge in [0, 0.05) is 26.5 Å². The lowest BCUT2D eigenvalue weighted by Crippen LogP contribution is -2.32. The average molecular weight is 637 g/mol. The molecule has 0 radical (unpaired) electrons. The molecule has 0 bridgehead atoms. The van der Waals surface area contributed by atoms with Crippen LogP contribution in [-0.4, -0.2) is 34.6 Å². The van der Waals surface area contributed by atoms with Gasteiger partial charge in [0.1, 0.15) is 11.0 Å². The highest BCUT2D eigenvalue weighted by Gasteiger charge is 2.56. The fraction of sp³-hybridized carbons (Fsp3) is 0.172. The maximum absolute atomic E-state index is 13.9. The van der Waals surface area contributed by atoms with E-state index in [9.17, 15) is 19.2 Å². The van der Waals surface area contributed by atoms with Crippen molar-refractivity contribution in [1.82, 2.24) is 4.98 Å². The third-order valence-corrected chi connectivity index (χ3v) is 9.82. The lowest BCUT2D eigenvalue weighted by Gasteiger charge is -2.31. The predicted molar refractivity (Wildman–Crippen MR) is 158 cm³/mol. The van der Waals surface area contributed by atoms with E-state index in [0.717, 1.165) is 21.4 Å². The zero-order valence-electron chi connectivity index (χ0n) is 21.1. The summed E-state index contributed by atoms with van der Waals surface area (Å²) in [5.41, 5.74) is 2.73. The number of aromatic nitrogens is 1. The minimum absolute atomic E-state index is 0.266. The number of rotatable bonds is 6. The molecule has 2 N–H and O–H groups in total. The molecule has 6 rings (SSSR count). The average Bonchev–Trinajstić information content (AvgIpc) is 3.43. The summed E-state index contributed by atoms with van der Waals surface area (Å²) >= 11 is 5.75. The number of benzene rings is 3. The number of anilines is 2. The van der Waals surface area contributed by atoms with Crippen LogP contribution >= 0.6 is 39.0 Å². The van der Waals surface area contributed by atoms with E-state index in [1.54, 1.807) is 36.4 Å². The zero-order chi connectivity index (χ0) is 28.0. The number of thiazole rings is 1. The van der Waals surface area contributed by atoms with Crippen LogP contribution in [0.2, 0.25) is 0 Å². The number of imide groups is 1. The van der Waals surface area contributed by atoms with Gasteiger partial charge < -0.3 is 15.0 Å². The van der Waals surface area contributed by atoms with Gasteiger partial charge in [0.15, 0.2) is 6.61 Å². The molecule has 1 aromatic heterocycles. The lowest BCUT2D eigenvalue weighted by atomic mass is 9.82. The number of halogens is 1. The van der Waals surface area contributed by atoms with E-state index in [1.807, 2.05) is 43.3 Å². The molecule has 3 aromatic carbocycles. The maximum Gasteiger partial charge on any atom is 0.305 e. The summed E-state index contributed by atoms with van der Waals surface area (Å²) in [4.78, 5) is 57.3. The molecule has 1 saturated heterocycles. The summed E-state index contributed by atoms with van der Waals surface area (Å²) in [5, 5.41) is 2.70. The van der Waals surface area contributed by atoms with E-state index in [0.29, 0.717) is 32.6 Å². The number of nitrogens with zero attached hydrogens (tertiary/aromatic N) is 1. The van der Waals surface area contributed by atoms with Gasteiger partial charge in [-0.3, -0.25) is 19.2 Å². The van der Waals surface area contributed by atoms with Crippen molar-refractivity contribution in [2.45, 2.75) is 23.1 Å². The van der Waals surface area contributed by atoms with Crippen LogP contribution in [0.5, 0.6) is 5.75 Å². The first-order valence-electron chi connectivity index (χ1n) is 12.4. The molecule has 4 aromatic rings. The SMILES string of the molecule is Cc1ccccc1NC(=O)COc1ccc(Br)cc1[C@@H]1c2sc(=O)[nH]c2S[C@H]2C(=O)N(c3ccccc3)C(=O)[C@@H]12. The third-order valence-electron chi connectivity index (χ3n) is 6.92. The second-order valence-electron chi connectivity index (χ2n) is 9.43. The Kier molecular flexibility index (Phi) is 7.11. The second kappa shape index (κ2) is 10.7. The predicted octanol–water partition coefficient (Wildman–Crippen LogP) is 5.32. The first-order chi connectivity index (χ1) is 19.3. The fourth-order valence-electron chi connectivity index (χ4n) is 5.12. The van der Waals surface area contributed by atoms with Crippen molar-refractivity contribution in [1.29, 1.82) is 0 Å². The number of amides is 3. The zero-order valence-corrected chi connectivity index (χ0v) is 24.3. The molecule has 0 aliphatic carbocycles. The molecule has 3 amide bonds. The summed E-state index contributed by atoms with van der Waals surface area (Å²) in [6, 6.07) is 21.6. The van der Waals surface area contributed by atoms with Crippen LogP contribution in [0, 0.1) is 12.8 Å². The smallest absolute Gasteiger partial charge is 0.305 e. The van der Waals surface area contributed by atoms with E-state index in [-0.39, 0.29) is 29.2 Å². The molecule has 0 saturated carbocycles. The highest BCUT2D eigenvalue weighted by atomic mass is 79.9. The minimum Gasteiger partial charge on any atom is -0.483 e. The van der Waals surface area contributed by atoms with Crippen molar-refractivity contribution in [3.05, 3.63) is 103 Å². The molecule has 1 fully saturated rings. The van der Waals surface area contributed by atoms with E-state index < -0.39 is 17.1 Å². The summed E-state index contributed by atoms with van der Waals surface area (Å²) in [7, 11) is 0. The van der Waals surface area contributed by atoms with Gasteiger partial charge in [0.2, 0.25) is 11.8 Å². The number of H-pyrrole nitrogens is 1. The Morgan fingerprint density at radius 2 is 1.77 bits per heavy atom. The number of hydrogen-bond acceptors (Lipinski definition) is 7. The quantitative estimate of drug-likeness (QED) is 0.278. The van der Waals surface area contributed by atoms with Crippen LogP contribution in [0.4, 0.5) is 11.4 Å². The first kappa shape index (κ1) is 26.5. The normalized spacial score (nSPS) is 19.8. The molecule has 40 heavy (non-hydrogen) atoms. The van der Waals surface area contributed by atoms with Gasteiger partial charge in [-0.2, -0.15) is 0 Å². The molecule has 3 atom stereocenters. The second-order valence-corrected chi connectivity index (χ2v) is 12.5. The van der Waals surface area contributed by atoms with Gasteiger partial charge in [-0.1, -0.05) is 75.4 Å². The molecule has 8 nitrogen and oxygen atoms in total. The van der Waals surface area contributed by atoms with E-state index >= 15 is 0 Å². The summed E-state index contributed by atoms with van der Waals surface area (Å²) in [6.07, 6.45) is 0. The standard InChI is InChI=1S/C29H22BrN3O5S2/c1-15-7-5-6-10-19(15)31-21(34)14-38-20-12-11-16(30)13-18(20)22-23-25(39-26-24(22)40-29(37)32-26)28(36)33(27(23)35)17-8-3-2-4-9-17/h2-13,22-23,25H,14H2,1H3,(H,31,34)(H,32,37)/t22-,23-,25+/m0/s1. The van der Waals surface area contributed by atoms with Crippen molar-refractivity contribution in [2.24, 2.45) is 5.92 Å². The Balaban J connectivity index is 1.37. The van der Waals surface area contributed by atoms with Gasteiger partial charge in [-0.25, -0.2) is 4.90 Å². The molecular weight excluding hydrogens is 614 g/mol. The van der Waals surface area contributed by atoms with Crippen molar-refractivity contribution in [3.63, 3.8) is 0 Å². The number of nitrogens with one attached hydrogen (secondary N) is 2. The number of ether oxygens (including phenoxy) is 1. The first-order valence-corrected chi connectivity index (χ1v) is 14.9. The van der Waals surface area contributed by atoms with Crippen LogP contribution in [0.25, 0.3) is 0 Å². The van der Waals surface area contributed by atoms with Crippen molar-refractivity contribution in [3.8, 4) is 5.75 Å². The molecule has 2 aliphatic heterocycles. The Hall–Kier alpha value is -3.67. The Morgan fingerprint density at radius 3 is 2.55 bits per heavy atom. The van der Waals surface area contributed by atoms with Crippen LogP contribution in [0.15, 0.2) is 87.1 Å². The van der Waals surface area contributed by atoms with E-state index in [2.05, 4.69) is 26.2 Å². The topological polar surface area (TPSA) is 109 Å². The van der Waals surface area contributed by atoms with Crippen molar-refractivity contribution >= 4 is 68.1 Å². The Morgan fingerprint density at radius 1 is 1.02 bits per heavy atom. The van der Waals surface area contributed by atoms with Crippen molar-refractivity contribution in [2.75, 3.05) is 16.8 Å². The van der Waals surface area contributed by atoms with E-state index in [4.69, 9.17) is 4.74 Å². The van der Waals surface area contributed by atoms with Crippen molar-refractivity contribution < 1.29 is 19.1 Å². The number of para-hydroxylation sites is 2. The highest BCUT2D eigenvalue weighted by molar-refractivity contribution is 9.10. The summed E-state index contributed by atoms with van der Waals surface area (Å²) in [5.74, 6) is -2.02. The third kappa shape index (κ3) is 4.78. The van der Waals surface area contributed by atoms with Crippen LogP contribution in [-0.2, 0) is 14.4 Å². The van der Waals surface area contributed by atoms with E-state index in [1.165, 1.54) is 16.7 Å². The maximum atomic E-state index is 13.9. The number of thioether (sulfide) groups is 1.